The van der Waals surface area contributed by atoms with Crippen LogP contribution in [0, 0.1) is 6.92 Å². The van der Waals surface area contributed by atoms with Crippen molar-refractivity contribution in [2.24, 2.45) is 0 Å². The molecule has 0 unspecified atom stereocenters. The number of aromatic nitrogens is 2. The van der Waals surface area contributed by atoms with Gasteiger partial charge in [-0.1, -0.05) is 34.8 Å². The fourth-order valence-corrected chi connectivity index (χ4v) is 4.48. The number of aryl methyl sites for hydroxylation is 1. The van der Waals surface area contributed by atoms with Gasteiger partial charge < -0.3 is 0 Å². The van der Waals surface area contributed by atoms with Crippen molar-refractivity contribution >= 4 is 61.9 Å². The molecule has 0 aliphatic heterocycles. The van der Waals surface area contributed by atoms with Crippen molar-refractivity contribution in [2.45, 2.75) is 11.1 Å². The van der Waals surface area contributed by atoms with Gasteiger partial charge in [0, 0.05) is 0 Å². The molecule has 10 heteroatoms. The monoisotopic (exact) mass is 357 g/mol. The average molecular weight is 359 g/mol. The Labute approximate surface area is 128 Å². The van der Waals surface area contributed by atoms with Crippen LogP contribution < -0.4 is 4.72 Å². The van der Waals surface area contributed by atoms with Gasteiger partial charge in [-0.15, -0.1) is 11.3 Å². The summed E-state index contributed by atoms with van der Waals surface area (Å²) in [7, 11) is -3.82. The van der Waals surface area contributed by atoms with Crippen LogP contribution in [0.25, 0.3) is 0 Å². The van der Waals surface area contributed by atoms with Crippen molar-refractivity contribution in [3.05, 3.63) is 32.6 Å². The Balaban J connectivity index is 2.42. The maximum Gasteiger partial charge on any atom is 0.271 e. The van der Waals surface area contributed by atoms with Gasteiger partial charge >= 0.3 is 0 Å². The van der Waals surface area contributed by atoms with Crippen molar-refractivity contribution in [1.82, 2.24) is 9.97 Å². The van der Waals surface area contributed by atoms with Crippen molar-refractivity contribution in [3.8, 4) is 0 Å². The summed E-state index contributed by atoms with van der Waals surface area (Å²) in [6.45, 7) is 1.71. The third-order valence-corrected chi connectivity index (χ3v) is 6.04. The van der Waals surface area contributed by atoms with Gasteiger partial charge in [0.15, 0.2) is 10.3 Å². The van der Waals surface area contributed by atoms with Gasteiger partial charge in [-0.3, -0.25) is 4.72 Å². The molecular weight excluding hydrogens is 353 g/mol. The molecule has 5 nitrogen and oxygen atoms in total. The predicted molar refractivity (Wildman–Crippen MR) is 76.9 cm³/mol. The Morgan fingerprint density at radius 3 is 2.26 bits per heavy atom. The fraction of sp³-hybridized carbons (Fsp3) is 0.111. The molecule has 0 fully saturated rings. The van der Waals surface area contributed by atoms with E-state index in [2.05, 4.69) is 14.7 Å². The quantitative estimate of drug-likeness (QED) is 0.851. The fourth-order valence-electron chi connectivity index (χ4n) is 1.18. The highest BCUT2D eigenvalue weighted by Crippen LogP contribution is 2.33. The lowest BCUT2D eigenvalue weighted by atomic mass is 10.4. The molecule has 0 spiro atoms. The minimum atomic E-state index is -3.82. The minimum Gasteiger partial charge on any atom is -0.273 e. The van der Waals surface area contributed by atoms with E-state index in [9.17, 15) is 8.42 Å². The molecule has 0 aliphatic rings. The van der Waals surface area contributed by atoms with Crippen LogP contribution in [0.1, 0.15) is 5.56 Å². The first-order chi connectivity index (χ1) is 8.81. The zero-order valence-corrected chi connectivity index (χ0v) is 13.2. The number of hydrogen-bond acceptors (Lipinski definition) is 5. The number of halogens is 3. The van der Waals surface area contributed by atoms with Gasteiger partial charge in [0.25, 0.3) is 10.0 Å². The first kappa shape index (κ1) is 14.8. The van der Waals surface area contributed by atoms with Crippen molar-refractivity contribution in [2.75, 3.05) is 4.72 Å². The van der Waals surface area contributed by atoms with E-state index in [1.54, 1.807) is 6.92 Å². The van der Waals surface area contributed by atoms with E-state index in [0.717, 1.165) is 17.7 Å². The van der Waals surface area contributed by atoms with Crippen LogP contribution in [0.3, 0.4) is 0 Å². The molecule has 1 N–H and O–H groups in total. The van der Waals surface area contributed by atoms with E-state index in [1.807, 2.05) is 0 Å². The Morgan fingerprint density at radius 1 is 1.21 bits per heavy atom. The van der Waals surface area contributed by atoms with Crippen molar-refractivity contribution in [3.63, 3.8) is 0 Å². The molecule has 102 valence electrons. The minimum absolute atomic E-state index is 0.0611. The Bertz CT molecular complexity index is 691. The molecular formula is C9H6Cl3N3O2S2. The largest absolute Gasteiger partial charge is 0.273 e. The van der Waals surface area contributed by atoms with E-state index in [4.69, 9.17) is 34.8 Å². The maximum atomic E-state index is 12.1. The standard InChI is InChI=1S/C9H6Cl3N3O2S2/c1-4-2-5(18-9(4)12)19(16,17)15-6-7(10)13-3-14-8(6)11/h2-3,15H,1H3. The molecule has 0 atom stereocenters. The summed E-state index contributed by atoms with van der Waals surface area (Å²) in [6.07, 6.45) is 1.13. The third kappa shape index (κ3) is 3.11. The van der Waals surface area contributed by atoms with E-state index >= 15 is 0 Å². The number of thiophene rings is 1. The number of anilines is 1. The smallest absolute Gasteiger partial charge is 0.271 e. The van der Waals surface area contributed by atoms with E-state index in [1.165, 1.54) is 6.07 Å². The summed E-state index contributed by atoms with van der Waals surface area (Å²) in [5.74, 6) is 0. The lowest BCUT2D eigenvalue weighted by molar-refractivity contribution is 0.603. The third-order valence-electron chi connectivity index (χ3n) is 2.09. The zero-order valence-electron chi connectivity index (χ0n) is 9.32. The summed E-state index contributed by atoms with van der Waals surface area (Å²) in [5, 5.41) is -0.161. The van der Waals surface area contributed by atoms with Gasteiger partial charge in [-0.05, 0) is 18.6 Å². The second-order valence-corrected chi connectivity index (χ2v) is 7.74. The Hall–Kier alpha value is -0.600. The van der Waals surface area contributed by atoms with Gasteiger partial charge in [0.2, 0.25) is 0 Å². The molecule has 0 aliphatic carbocycles. The molecule has 0 saturated heterocycles. The summed E-state index contributed by atoms with van der Waals surface area (Å²) in [5.41, 5.74) is 0.613. The molecule has 0 saturated carbocycles. The van der Waals surface area contributed by atoms with E-state index in [-0.39, 0.29) is 20.2 Å². The first-order valence-corrected chi connectivity index (χ1v) is 8.19. The van der Waals surface area contributed by atoms with Crippen molar-refractivity contribution in [1.29, 1.82) is 0 Å². The number of hydrogen-bond donors (Lipinski definition) is 1. The van der Waals surface area contributed by atoms with Crippen LogP contribution >= 0.6 is 46.1 Å². The SMILES string of the molecule is Cc1cc(S(=O)(=O)Nc2c(Cl)ncnc2Cl)sc1Cl. The summed E-state index contributed by atoms with van der Waals surface area (Å²) in [6, 6.07) is 1.46. The molecule has 2 aromatic heterocycles. The molecule has 2 rings (SSSR count). The predicted octanol–water partition coefficient (Wildman–Crippen LogP) is 3.61. The van der Waals surface area contributed by atoms with Crippen LogP contribution in [-0.4, -0.2) is 18.4 Å². The van der Waals surface area contributed by atoms with Crippen LogP contribution in [0.5, 0.6) is 0 Å². The zero-order chi connectivity index (χ0) is 14.2. The van der Waals surface area contributed by atoms with Gasteiger partial charge in [-0.2, -0.15) is 0 Å². The second-order valence-electron chi connectivity index (χ2n) is 3.46. The average Bonchev–Trinajstić information content (AvgIpc) is 2.66. The van der Waals surface area contributed by atoms with Crippen molar-refractivity contribution < 1.29 is 8.42 Å². The number of nitrogens with one attached hydrogen (secondary N) is 1. The summed E-state index contributed by atoms with van der Waals surface area (Å²) >= 11 is 18.3. The lowest BCUT2D eigenvalue weighted by Gasteiger charge is -2.08. The normalized spacial score (nSPS) is 11.6. The van der Waals surface area contributed by atoms with Gasteiger partial charge in [0.05, 0.1) is 4.34 Å². The van der Waals surface area contributed by atoms with Crippen LogP contribution in [0.4, 0.5) is 5.69 Å². The molecule has 0 amide bonds. The second kappa shape index (κ2) is 5.41. The van der Waals surface area contributed by atoms with Gasteiger partial charge in [0.1, 0.15) is 16.2 Å². The molecule has 19 heavy (non-hydrogen) atoms. The van der Waals surface area contributed by atoms with Crippen LogP contribution in [0.15, 0.2) is 16.6 Å². The molecule has 2 aromatic rings. The topological polar surface area (TPSA) is 72.0 Å². The summed E-state index contributed by atoms with van der Waals surface area (Å²) in [4.78, 5) is 7.32. The highest BCUT2D eigenvalue weighted by molar-refractivity contribution is 7.94. The number of sulfonamides is 1. The number of nitrogens with zero attached hydrogens (tertiary/aromatic N) is 2. The summed E-state index contributed by atoms with van der Waals surface area (Å²) < 4.78 is 27.0. The highest BCUT2D eigenvalue weighted by atomic mass is 35.5. The number of rotatable bonds is 3. The van der Waals surface area contributed by atoms with E-state index < -0.39 is 10.0 Å². The Kier molecular flexibility index (Phi) is 4.22. The molecule has 0 bridgehead atoms. The molecule has 0 aromatic carbocycles. The molecule has 0 radical (unpaired) electrons. The van der Waals surface area contributed by atoms with Crippen LogP contribution in [0.2, 0.25) is 14.6 Å². The first-order valence-electron chi connectivity index (χ1n) is 4.76. The lowest BCUT2D eigenvalue weighted by Crippen LogP contribution is -2.13. The van der Waals surface area contributed by atoms with Crippen LogP contribution in [-0.2, 0) is 10.0 Å². The Morgan fingerprint density at radius 2 is 1.79 bits per heavy atom. The van der Waals surface area contributed by atoms with E-state index in [0.29, 0.717) is 9.90 Å². The highest BCUT2D eigenvalue weighted by Gasteiger charge is 2.21. The van der Waals surface area contributed by atoms with Gasteiger partial charge in [-0.25, -0.2) is 18.4 Å². The molecule has 2 heterocycles. The maximum absolute atomic E-state index is 12.1.